The number of aryl methyl sites for hydroxylation is 1. The van der Waals surface area contributed by atoms with Crippen LogP contribution in [-0.2, 0) is 27.3 Å². The van der Waals surface area contributed by atoms with E-state index in [0.717, 1.165) is 41.6 Å². The third kappa shape index (κ3) is 3.90. The highest BCUT2D eigenvalue weighted by Gasteiger charge is 2.34. The summed E-state index contributed by atoms with van der Waals surface area (Å²) in [5.41, 5.74) is 3.87. The number of nitrogens with one attached hydrogen (secondary N) is 1. The minimum atomic E-state index is -3.63. The summed E-state index contributed by atoms with van der Waals surface area (Å²) < 4.78 is 28.8. The molecule has 0 radical (unpaired) electrons. The van der Waals surface area contributed by atoms with Gasteiger partial charge in [-0.3, -0.25) is 5.10 Å². The molecule has 1 aromatic carbocycles. The van der Waals surface area contributed by atoms with Crippen molar-refractivity contribution in [3.8, 4) is 0 Å². The minimum absolute atomic E-state index is 0.132. The summed E-state index contributed by atoms with van der Waals surface area (Å²) >= 11 is 0. The lowest BCUT2D eigenvalue weighted by Gasteiger charge is -2.32. The van der Waals surface area contributed by atoms with Crippen LogP contribution in [0.3, 0.4) is 0 Å². The van der Waals surface area contributed by atoms with Crippen molar-refractivity contribution in [2.75, 3.05) is 7.05 Å². The topological polar surface area (TPSA) is 66.1 Å². The van der Waals surface area contributed by atoms with E-state index in [1.54, 1.807) is 13.2 Å². The maximum absolute atomic E-state index is 13.6. The minimum Gasteiger partial charge on any atom is -0.282 e. The Labute approximate surface area is 169 Å². The Morgan fingerprint density at radius 1 is 1.04 bits per heavy atom. The average molecular weight is 404 g/mol. The Kier molecular flexibility index (Phi) is 5.26. The first-order valence-corrected chi connectivity index (χ1v) is 11.4. The standard InChI is InChI=1S/C22H33N3O2S/c1-21(2,3)15-11-16(22(4,5)6)13-17(12-15)28(26,27)25(7)20-10-8-9-19-18(20)14-23-24-19/h11-14,20H,8-10H2,1-7H3,(H,23,24)/t20-/m1/s1. The van der Waals surface area contributed by atoms with Gasteiger partial charge in [0.2, 0.25) is 10.0 Å². The Hall–Kier alpha value is -1.66. The molecule has 0 amide bonds. The van der Waals surface area contributed by atoms with Crippen LogP contribution >= 0.6 is 0 Å². The summed E-state index contributed by atoms with van der Waals surface area (Å²) in [5.74, 6) is 0. The Morgan fingerprint density at radius 3 is 2.14 bits per heavy atom. The van der Waals surface area contributed by atoms with Crippen LogP contribution in [0.5, 0.6) is 0 Å². The second-order valence-electron chi connectivity index (χ2n) is 9.98. The SMILES string of the molecule is CN([C@@H]1CCCc2[nH]ncc21)S(=O)(=O)c1cc(C(C)(C)C)cc(C(C)(C)C)c1. The smallest absolute Gasteiger partial charge is 0.243 e. The lowest BCUT2D eigenvalue weighted by atomic mass is 9.81. The molecule has 0 fully saturated rings. The zero-order valence-corrected chi connectivity index (χ0v) is 18.9. The van der Waals surface area contributed by atoms with Gasteiger partial charge in [-0.1, -0.05) is 47.6 Å². The highest BCUT2D eigenvalue weighted by molar-refractivity contribution is 7.89. The first-order valence-electron chi connectivity index (χ1n) is 9.98. The van der Waals surface area contributed by atoms with Gasteiger partial charge in [0.25, 0.3) is 0 Å². The molecule has 0 unspecified atom stereocenters. The molecule has 6 heteroatoms. The molecule has 1 aliphatic carbocycles. The molecular weight excluding hydrogens is 370 g/mol. The number of benzene rings is 1. The molecule has 1 aliphatic rings. The van der Waals surface area contributed by atoms with E-state index in [1.165, 1.54) is 4.31 Å². The average Bonchev–Trinajstić information content (AvgIpc) is 3.07. The maximum atomic E-state index is 13.6. The summed E-state index contributed by atoms with van der Waals surface area (Å²) in [5, 5.41) is 7.16. The number of nitrogens with zero attached hydrogens (tertiary/aromatic N) is 2. The zero-order valence-electron chi connectivity index (χ0n) is 18.1. The second kappa shape index (κ2) is 6.99. The molecule has 1 heterocycles. The number of hydrogen-bond acceptors (Lipinski definition) is 3. The van der Waals surface area contributed by atoms with Crippen LogP contribution < -0.4 is 0 Å². The van der Waals surface area contributed by atoms with Crippen LogP contribution in [0.15, 0.2) is 29.3 Å². The summed E-state index contributed by atoms with van der Waals surface area (Å²) in [6.45, 7) is 12.7. The van der Waals surface area contributed by atoms with Gasteiger partial charge in [-0.15, -0.1) is 0 Å². The van der Waals surface area contributed by atoms with E-state index in [0.29, 0.717) is 4.90 Å². The number of aromatic amines is 1. The number of sulfonamides is 1. The Morgan fingerprint density at radius 2 is 1.61 bits per heavy atom. The van der Waals surface area contributed by atoms with E-state index in [4.69, 9.17) is 0 Å². The predicted octanol–water partition coefficient (Wildman–Crippen LogP) is 4.70. The Bertz CT molecular complexity index is 930. The molecular formula is C22H33N3O2S. The van der Waals surface area contributed by atoms with E-state index in [-0.39, 0.29) is 16.9 Å². The molecule has 28 heavy (non-hydrogen) atoms. The van der Waals surface area contributed by atoms with Crippen LogP contribution in [0.1, 0.15) is 82.8 Å². The first kappa shape index (κ1) is 21.1. The van der Waals surface area contributed by atoms with Gasteiger partial charge in [-0.25, -0.2) is 8.42 Å². The van der Waals surface area contributed by atoms with Gasteiger partial charge in [0, 0.05) is 18.3 Å². The fraction of sp³-hybridized carbons (Fsp3) is 0.591. The number of aromatic nitrogens is 2. The van der Waals surface area contributed by atoms with Crippen molar-refractivity contribution in [2.24, 2.45) is 0 Å². The largest absolute Gasteiger partial charge is 0.282 e. The summed E-state index contributed by atoms with van der Waals surface area (Å²) in [7, 11) is -1.94. The molecule has 1 aromatic heterocycles. The van der Waals surface area contributed by atoms with Crippen molar-refractivity contribution in [1.29, 1.82) is 0 Å². The van der Waals surface area contributed by atoms with Crippen LogP contribution in [-0.4, -0.2) is 30.0 Å². The molecule has 0 spiro atoms. The van der Waals surface area contributed by atoms with Gasteiger partial charge in [0.1, 0.15) is 0 Å². The van der Waals surface area contributed by atoms with Crippen molar-refractivity contribution >= 4 is 10.0 Å². The molecule has 1 atom stereocenters. The van der Waals surface area contributed by atoms with Crippen molar-refractivity contribution in [1.82, 2.24) is 14.5 Å². The monoisotopic (exact) mass is 403 g/mol. The third-order valence-corrected chi connectivity index (χ3v) is 7.61. The van der Waals surface area contributed by atoms with Crippen molar-refractivity contribution in [3.05, 3.63) is 46.8 Å². The Balaban J connectivity index is 2.09. The van der Waals surface area contributed by atoms with Gasteiger partial charge >= 0.3 is 0 Å². The van der Waals surface area contributed by atoms with E-state index < -0.39 is 10.0 Å². The molecule has 2 aromatic rings. The highest BCUT2D eigenvalue weighted by atomic mass is 32.2. The number of rotatable bonds is 3. The first-order chi connectivity index (χ1) is 12.8. The van der Waals surface area contributed by atoms with E-state index in [1.807, 2.05) is 12.1 Å². The third-order valence-electron chi connectivity index (χ3n) is 5.77. The van der Waals surface area contributed by atoms with Gasteiger partial charge < -0.3 is 0 Å². The van der Waals surface area contributed by atoms with Gasteiger partial charge in [0.15, 0.2) is 0 Å². The van der Waals surface area contributed by atoms with Gasteiger partial charge in [0.05, 0.1) is 17.1 Å². The lowest BCUT2D eigenvalue weighted by Crippen LogP contribution is -2.33. The molecule has 0 aliphatic heterocycles. The molecule has 0 saturated carbocycles. The van der Waals surface area contributed by atoms with Crippen molar-refractivity contribution in [2.45, 2.75) is 82.6 Å². The van der Waals surface area contributed by atoms with Crippen LogP contribution in [0.25, 0.3) is 0 Å². The molecule has 1 N–H and O–H groups in total. The fourth-order valence-electron chi connectivity index (χ4n) is 3.76. The molecule has 154 valence electrons. The van der Waals surface area contributed by atoms with Crippen LogP contribution in [0, 0.1) is 0 Å². The summed E-state index contributed by atoms with van der Waals surface area (Å²) in [4.78, 5) is 0.378. The van der Waals surface area contributed by atoms with Crippen LogP contribution in [0.2, 0.25) is 0 Å². The van der Waals surface area contributed by atoms with Crippen molar-refractivity contribution < 1.29 is 8.42 Å². The maximum Gasteiger partial charge on any atom is 0.243 e. The van der Waals surface area contributed by atoms with E-state index in [2.05, 4.69) is 57.8 Å². The van der Waals surface area contributed by atoms with E-state index in [9.17, 15) is 8.42 Å². The van der Waals surface area contributed by atoms with Crippen molar-refractivity contribution in [3.63, 3.8) is 0 Å². The normalized spacial score (nSPS) is 18.4. The molecule has 0 saturated heterocycles. The van der Waals surface area contributed by atoms with E-state index >= 15 is 0 Å². The zero-order chi connectivity index (χ0) is 20.9. The second-order valence-corrected chi connectivity index (χ2v) is 12.0. The quantitative estimate of drug-likeness (QED) is 0.807. The molecule has 3 rings (SSSR count). The van der Waals surface area contributed by atoms with Crippen LogP contribution in [0.4, 0.5) is 0 Å². The number of hydrogen-bond donors (Lipinski definition) is 1. The predicted molar refractivity (Wildman–Crippen MR) is 113 cm³/mol. The number of H-pyrrole nitrogens is 1. The molecule has 0 bridgehead atoms. The number of fused-ring (bicyclic) bond motifs is 1. The summed E-state index contributed by atoms with van der Waals surface area (Å²) in [6, 6.07) is 5.66. The summed E-state index contributed by atoms with van der Waals surface area (Å²) in [6.07, 6.45) is 4.47. The molecule has 5 nitrogen and oxygen atoms in total. The highest BCUT2D eigenvalue weighted by Crippen LogP contribution is 2.37. The van der Waals surface area contributed by atoms with Gasteiger partial charge in [-0.2, -0.15) is 9.40 Å². The fourth-order valence-corrected chi connectivity index (χ4v) is 5.20. The lowest BCUT2D eigenvalue weighted by molar-refractivity contribution is 0.337. The van der Waals surface area contributed by atoms with Gasteiger partial charge in [-0.05, 0) is 53.4 Å².